The zero-order valence-corrected chi connectivity index (χ0v) is 27.1. The lowest BCUT2D eigenvalue weighted by atomic mass is 10.0. The quantitative estimate of drug-likeness (QED) is 0.157. The summed E-state index contributed by atoms with van der Waals surface area (Å²) in [5.74, 6) is -1.05. The Bertz CT molecular complexity index is 1770. The average molecular weight is 643 g/mol. The van der Waals surface area contributed by atoms with Gasteiger partial charge in [-0.3, -0.25) is 24.0 Å². The van der Waals surface area contributed by atoms with E-state index in [9.17, 15) is 28.1 Å². The fourth-order valence-corrected chi connectivity index (χ4v) is 6.33. The lowest BCUT2D eigenvalue weighted by Crippen LogP contribution is -2.56. The largest absolute Gasteiger partial charge is 0.350 e. The maximum Gasteiger partial charge on any atom is 0.271 e. The first kappa shape index (κ1) is 33.9. The third kappa shape index (κ3) is 8.79. The van der Waals surface area contributed by atoms with E-state index in [1.807, 2.05) is 82.3 Å². The number of aryl methyl sites for hydroxylation is 1. The van der Waals surface area contributed by atoms with Crippen LogP contribution in [-0.4, -0.2) is 48.2 Å². The Labute approximate surface area is 269 Å². The molecule has 0 fully saturated rings. The number of anilines is 1. The maximum absolute atomic E-state index is 14.5. The van der Waals surface area contributed by atoms with Crippen molar-refractivity contribution in [1.29, 1.82) is 0 Å². The first-order chi connectivity index (χ1) is 21.7. The molecule has 1 N–H and O–H groups in total. The number of non-ortho nitro benzene ring substituents is 1. The van der Waals surface area contributed by atoms with Crippen LogP contribution in [0.2, 0.25) is 0 Å². The summed E-state index contributed by atoms with van der Waals surface area (Å²) in [6.45, 7) is 6.76. The SMILES string of the molecule is Cc1ccc(CN(C(=O)CN(c2cccc([N+](=O)[O-])c2)S(=O)(=O)c2ccccc2)[C@H](Cc2ccccc2)C(=O)NC(C)(C)C)cc1. The lowest BCUT2D eigenvalue weighted by molar-refractivity contribution is -0.384. The predicted octanol–water partition coefficient (Wildman–Crippen LogP) is 5.65. The zero-order chi connectivity index (χ0) is 33.5. The molecule has 0 saturated carbocycles. The molecule has 0 spiro atoms. The second-order valence-corrected chi connectivity index (χ2v) is 13.9. The number of carbonyl (C=O) groups excluding carboxylic acids is 2. The summed E-state index contributed by atoms with van der Waals surface area (Å²) in [5, 5.41) is 14.6. The van der Waals surface area contributed by atoms with Gasteiger partial charge in [-0.05, 0) is 57.0 Å². The summed E-state index contributed by atoms with van der Waals surface area (Å²) in [4.78, 5) is 40.7. The molecule has 240 valence electrons. The van der Waals surface area contributed by atoms with Crippen molar-refractivity contribution >= 4 is 33.2 Å². The fraction of sp³-hybridized carbons (Fsp3) is 0.257. The Balaban J connectivity index is 1.84. The van der Waals surface area contributed by atoms with E-state index in [0.717, 1.165) is 27.1 Å². The van der Waals surface area contributed by atoms with Crippen LogP contribution in [0, 0.1) is 17.0 Å². The molecule has 1 atom stereocenters. The van der Waals surface area contributed by atoms with Crippen LogP contribution >= 0.6 is 0 Å². The Morgan fingerprint density at radius 3 is 2.04 bits per heavy atom. The fourth-order valence-electron chi connectivity index (χ4n) is 4.91. The van der Waals surface area contributed by atoms with Gasteiger partial charge in [-0.15, -0.1) is 0 Å². The molecule has 0 heterocycles. The number of nitrogens with one attached hydrogen (secondary N) is 1. The van der Waals surface area contributed by atoms with E-state index in [-0.39, 0.29) is 29.2 Å². The topological polar surface area (TPSA) is 130 Å². The number of nitro groups is 1. The Hall–Kier alpha value is -5.03. The molecule has 0 unspecified atom stereocenters. The zero-order valence-electron chi connectivity index (χ0n) is 26.3. The number of rotatable bonds is 12. The molecule has 2 amide bonds. The van der Waals surface area contributed by atoms with E-state index in [1.54, 1.807) is 18.2 Å². The van der Waals surface area contributed by atoms with Gasteiger partial charge in [0.15, 0.2) is 0 Å². The third-order valence-corrected chi connectivity index (χ3v) is 8.97. The van der Waals surface area contributed by atoms with Gasteiger partial charge in [0.2, 0.25) is 11.8 Å². The smallest absolute Gasteiger partial charge is 0.271 e. The summed E-state index contributed by atoms with van der Waals surface area (Å²) in [6.07, 6.45) is 0.169. The number of carbonyl (C=O) groups is 2. The van der Waals surface area contributed by atoms with Crippen molar-refractivity contribution in [2.75, 3.05) is 10.8 Å². The molecule has 10 nitrogen and oxygen atoms in total. The van der Waals surface area contributed by atoms with Gasteiger partial charge in [-0.1, -0.05) is 84.4 Å². The molecule has 4 aromatic carbocycles. The maximum atomic E-state index is 14.5. The summed E-state index contributed by atoms with van der Waals surface area (Å²) in [6, 6.07) is 28.4. The third-order valence-electron chi connectivity index (χ3n) is 7.18. The molecule has 46 heavy (non-hydrogen) atoms. The number of hydrogen-bond donors (Lipinski definition) is 1. The van der Waals surface area contributed by atoms with E-state index in [2.05, 4.69) is 5.32 Å². The van der Waals surface area contributed by atoms with Gasteiger partial charge >= 0.3 is 0 Å². The summed E-state index contributed by atoms with van der Waals surface area (Å²) in [5.41, 5.74) is 1.57. The summed E-state index contributed by atoms with van der Waals surface area (Å²) >= 11 is 0. The molecular weight excluding hydrogens is 604 g/mol. The number of amides is 2. The van der Waals surface area contributed by atoms with E-state index in [1.165, 1.54) is 35.2 Å². The molecule has 0 radical (unpaired) electrons. The van der Waals surface area contributed by atoms with E-state index in [0.29, 0.717) is 0 Å². The molecule has 4 rings (SSSR count). The number of nitrogens with zero attached hydrogens (tertiary/aromatic N) is 3. The predicted molar refractivity (Wildman–Crippen MR) is 178 cm³/mol. The standard InChI is InChI=1S/C35H38N4O6S/c1-26-18-20-28(21-19-26)24-37(32(34(41)36-35(2,3)4)22-27-12-7-5-8-13-27)33(40)25-38(29-14-11-15-30(23-29)39(42)43)46(44,45)31-16-9-6-10-17-31/h5-21,23,32H,22,24-25H2,1-4H3,(H,36,41)/t32-/m1/s1. The molecule has 0 bridgehead atoms. The molecule has 11 heteroatoms. The van der Waals surface area contributed by atoms with Crippen molar-refractivity contribution in [3.63, 3.8) is 0 Å². The minimum atomic E-state index is -4.37. The number of nitro benzene ring substituents is 1. The highest BCUT2D eigenvalue weighted by atomic mass is 32.2. The second kappa shape index (κ2) is 14.4. The van der Waals surface area contributed by atoms with Crippen LogP contribution in [0.3, 0.4) is 0 Å². The van der Waals surface area contributed by atoms with Crippen LogP contribution in [0.5, 0.6) is 0 Å². The minimum absolute atomic E-state index is 0.0162. The van der Waals surface area contributed by atoms with Gasteiger partial charge < -0.3 is 10.2 Å². The first-order valence-electron chi connectivity index (χ1n) is 14.8. The average Bonchev–Trinajstić information content (AvgIpc) is 3.02. The Morgan fingerprint density at radius 2 is 1.46 bits per heavy atom. The van der Waals surface area contributed by atoms with Gasteiger partial charge in [0, 0.05) is 30.6 Å². The highest BCUT2D eigenvalue weighted by Gasteiger charge is 2.36. The Morgan fingerprint density at radius 1 is 0.848 bits per heavy atom. The molecule has 0 aliphatic carbocycles. The normalized spacial score (nSPS) is 12.2. The van der Waals surface area contributed by atoms with E-state index < -0.39 is 44.9 Å². The number of sulfonamides is 1. The van der Waals surface area contributed by atoms with Gasteiger partial charge in [0.05, 0.1) is 15.5 Å². The van der Waals surface area contributed by atoms with Crippen molar-refractivity contribution in [2.45, 2.75) is 57.1 Å². The second-order valence-electron chi connectivity index (χ2n) is 12.1. The Kier molecular flexibility index (Phi) is 10.6. The first-order valence-corrected chi connectivity index (χ1v) is 16.2. The monoisotopic (exact) mass is 642 g/mol. The van der Waals surface area contributed by atoms with Crippen LogP contribution in [0.1, 0.15) is 37.5 Å². The molecule has 0 aromatic heterocycles. The highest BCUT2D eigenvalue weighted by molar-refractivity contribution is 7.92. The molecule has 4 aromatic rings. The van der Waals surface area contributed by atoms with Gasteiger partial charge in [-0.25, -0.2) is 8.42 Å². The summed E-state index contributed by atoms with van der Waals surface area (Å²) in [7, 11) is -4.37. The van der Waals surface area contributed by atoms with Crippen LogP contribution in [0.25, 0.3) is 0 Å². The molecule has 0 saturated heterocycles. The van der Waals surface area contributed by atoms with Gasteiger partial charge in [0.25, 0.3) is 15.7 Å². The van der Waals surface area contributed by atoms with Crippen molar-refractivity contribution in [3.8, 4) is 0 Å². The van der Waals surface area contributed by atoms with Crippen molar-refractivity contribution in [1.82, 2.24) is 10.2 Å². The van der Waals surface area contributed by atoms with Crippen molar-refractivity contribution in [2.24, 2.45) is 0 Å². The van der Waals surface area contributed by atoms with Crippen LogP contribution < -0.4 is 9.62 Å². The molecule has 0 aliphatic heterocycles. The van der Waals surface area contributed by atoms with Crippen LogP contribution in [0.15, 0.2) is 114 Å². The lowest BCUT2D eigenvalue weighted by Gasteiger charge is -2.35. The molecular formula is C35H38N4O6S. The van der Waals surface area contributed by atoms with E-state index in [4.69, 9.17) is 0 Å². The number of hydrogen-bond acceptors (Lipinski definition) is 6. The highest BCUT2D eigenvalue weighted by Crippen LogP contribution is 2.28. The van der Waals surface area contributed by atoms with Crippen LogP contribution in [-0.2, 0) is 32.6 Å². The summed E-state index contributed by atoms with van der Waals surface area (Å²) < 4.78 is 29.0. The van der Waals surface area contributed by atoms with Gasteiger partial charge in [0.1, 0.15) is 12.6 Å². The van der Waals surface area contributed by atoms with Gasteiger partial charge in [-0.2, -0.15) is 0 Å². The van der Waals surface area contributed by atoms with Crippen molar-refractivity contribution < 1.29 is 22.9 Å². The van der Waals surface area contributed by atoms with Crippen LogP contribution in [0.4, 0.5) is 11.4 Å². The number of benzene rings is 4. The van der Waals surface area contributed by atoms with Crippen molar-refractivity contribution in [3.05, 3.63) is 136 Å². The molecule has 0 aliphatic rings. The minimum Gasteiger partial charge on any atom is -0.350 e. The van der Waals surface area contributed by atoms with E-state index >= 15 is 0 Å².